The maximum Gasteiger partial charge on any atom is 0.224 e. The molecule has 1 amide bonds. The molecule has 1 fully saturated rings. The Morgan fingerprint density at radius 1 is 1.42 bits per heavy atom. The molecular weight excluding hydrogens is 240 g/mol. The van der Waals surface area contributed by atoms with Gasteiger partial charge in [-0.3, -0.25) is 4.79 Å². The van der Waals surface area contributed by atoms with Crippen molar-refractivity contribution in [2.24, 2.45) is 11.7 Å². The van der Waals surface area contributed by atoms with Crippen molar-refractivity contribution < 1.29 is 9.53 Å². The molecule has 2 unspecified atom stereocenters. The Labute approximate surface area is 114 Å². The topological polar surface area (TPSA) is 64.3 Å². The van der Waals surface area contributed by atoms with Gasteiger partial charge < -0.3 is 15.8 Å². The number of nitrogens with two attached hydrogens (primary N) is 1. The number of amides is 1. The van der Waals surface area contributed by atoms with E-state index in [0.717, 1.165) is 37.1 Å². The molecule has 1 aliphatic carbocycles. The van der Waals surface area contributed by atoms with Crippen LogP contribution in [0.5, 0.6) is 5.75 Å². The zero-order chi connectivity index (χ0) is 13.7. The lowest BCUT2D eigenvalue weighted by molar-refractivity contribution is -0.120. The summed E-state index contributed by atoms with van der Waals surface area (Å²) in [6, 6.07) is 7.93. The van der Waals surface area contributed by atoms with Crippen molar-refractivity contribution in [3.63, 3.8) is 0 Å². The molecule has 1 saturated carbocycles. The van der Waals surface area contributed by atoms with Crippen molar-refractivity contribution in [3.05, 3.63) is 29.8 Å². The minimum Gasteiger partial charge on any atom is -0.496 e. The van der Waals surface area contributed by atoms with Gasteiger partial charge in [-0.1, -0.05) is 18.2 Å². The Balaban J connectivity index is 1.81. The molecule has 0 heterocycles. The van der Waals surface area contributed by atoms with Crippen molar-refractivity contribution in [1.82, 2.24) is 5.32 Å². The van der Waals surface area contributed by atoms with Crippen LogP contribution in [0.1, 0.15) is 24.8 Å². The third-order valence-electron chi connectivity index (χ3n) is 3.71. The van der Waals surface area contributed by atoms with E-state index in [1.807, 2.05) is 24.3 Å². The maximum atomic E-state index is 11.9. The van der Waals surface area contributed by atoms with Crippen molar-refractivity contribution in [3.8, 4) is 5.75 Å². The molecular formula is C15H22N2O2. The van der Waals surface area contributed by atoms with Crippen LogP contribution in [0.3, 0.4) is 0 Å². The Bertz CT molecular complexity index is 434. The van der Waals surface area contributed by atoms with E-state index in [1.165, 1.54) is 0 Å². The van der Waals surface area contributed by atoms with E-state index in [-0.39, 0.29) is 5.91 Å². The van der Waals surface area contributed by atoms with Crippen LogP contribution in [0.15, 0.2) is 24.3 Å². The second-order valence-corrected chi connectivity index (χ2v) is 5.23. The van der Waals surface area contributed by atoms with Crippen LogP contribution < -0.4 is 15.8 Å². The number of benzene rings is 1. The van der Waals surface area contributed by atoms with Crippen LogP contribution in [0.2, 0.25) is 0 Å². The van der Waals surface area contributed by atoms with E-state index < -0.39 is 0 Å². The number of ether oxygens (including phenoxy) is 1. The van der Waals surface area contributed by atoms with Crippen LogP contribution in [-0.2, 0) is 11.2 Å². The third-order valence-corrected chi connectivity index (χ3v) is 3.71. The van der Waals surface area contributed by atoms with Gasteiger partial charge in [0.05, 0.1) is 13.5 Å². The Morgan fingerprint density at radius 3 is 2.89 bits per heavy atom. The quantitative estimate of drug-likeness (QED) is 0.845. The van der Waals surface area contributed by atoms with Gasteiger partial charge in [-0.2, -0.15) is 0 Å². The minimum absolute atomic E-state index is 0.0463. The van der Waals surface area contributed by atoms with E-state index >= 15 is 0 Å². The van der Waals surface area contributed by atoms with Gasteiger partial charge in [0, 0.05) is 18.2 Å². The average molecular weight is 262 g/mol. The molecule has 0 spiro atoms. The van der Waals surface area contributed by atoms with Crippen molar-refractivity contribution in [1.29, 1.82) is 0 Å². The molecule has 2 atom stereocenters. The first-order valence-electron chi connectivity index (χ1n) is 6.83. The highest BCUT2D eigenvalue weighted by Gasteiger charge is 2.22. The van der Waals surface area contributed by atoms with E-state index in [0.29, 0.717) is 18.4 Å². The number of hydrogen-bond acceptors (Lipinski definition) is 3. The average Bonchev–Trinajstić information content (AvgIpc) is 2.83. The van der Waals surface area contributed by atoms with Crippen LogP contribution in [0.25, 0.3) is 0 Å². The molecule has 0 bridgehead atoms. The molecule has 4 heteroatoms. The van der Waals surface area contributed by atoms with Crippen molar-refractivity contribution in [2.45, 2.75) is 31.7 Å². The van der Waals surface area contributed by atoms with Gasteiger partial charge in [0.1, 0.15) is 5.75 Å². The Morgan fingerprint density at radius 2 is 2.21 bits per heavy atom. The van der Waals surface area contributed by atoms with Gasteiger partial charge >= 0.3 is 0 Å². The van der Waals surface area contributed by atoms with Gasteiger partial charge in [0.2, 0.25) is 5.91 Å². The second-order valence-electron chi connectivity index (χ2n) is 5.23. The molecule has 3 N–H and O–H groups in total. The summed E-state index contributed by atoms with van der Waals surface area (Å²) in [6.07, 6.45) is 3.58. The first-order chi connectivity index (χ1) is 9.19. The molecule has 0 aliphatic heterocycles. The molecule has 0 saturated heterocycles. The number of nitrogens with one attached hydrogen (secondary N) is 1. The Hall–Kier alpha value is -1.55. The number of carbonyl (C=O) groups excluding carboxylic acids is 1. The lowest BCUT2D eigenvalue weighted by Gasteiger charge is -2.12. The summed E-state index contributed by atoms with van der Waals surface area (Å²) in [5.74, 6) is 1.35. The Kier molecular flexibility index (Phi) is 4.80. The first kappa shape index (κ1) is 13.9. The predicted molar refractivity (Wildman–Crippen MR) is 75.0 cm³/mol. The lowest BCUT2D eigenvalue weighted by atomic mass is 10.1. The molecule has 4 nitrogen and oxygen atoms in total. The van der Waals surface area contributed by atoms with Gasteiger partial charge in [0.15, 0.2) is 0 Å². The van der Waals surface area contributed by atoms with Gasteiger partial charge in [-0.15, -0.1) is 0 Å². The fraction of sp³-hybridized carbons (Fsp3) is 0.533. The van der Waals surface area contributed by atoms with Crippen molar-refractivity contribution in [2.75, 3.05) is 13.7 Å². The summed E-state index contributed by atoms with van der Waals surface area (Å²) in [5, 5.41) is 2.99. The number of methoxy groups -OCH3 is 1. The zero-order valence-corrected chi connectivity index (χ0v) is 11.4. The number of para-hydroxylation sites is 1. The van der Waals surface area contributed by atoms with E-state index in [9.17, 15) is 4.79 Å². The summed E-state index contributed by atoms with van der Waals surface area (Å²) in [7, 11) is 1.62. The monoisotopic (exact) mass is 262 g/mol. The van der Waals surface area contributed by atoms with Gasteiger partial charge in [0.25, 0.3) is 0 Å². The fourth-order valence-electron chi connectivity index (χ4n) is 2.64. The molecule has 1 aromatic rings. The molecule has 1 aromatic carbocycles. The summed E-state index contributed by atoms with van der Waals surface area (Å²) >= 11 is 0. The molecule has 2 rings (SSSR count). The summed E-state index contributed by atoms with van der Waals surface area (Å²) in [5.41, 5.74) is 6.79. The predicted octanol–water partition coefficient (Wildman–Crippen LogP) is 1.48. The van der Waals surface area contributed by atoms with Crippen LogP contribution >= 0.6 is 0 Å². The van der Waals surface area contributed by atoms with Gasteiger partial charge in [-0.25, -0.2) is 0 Å². The highest BCUT2D eigenvalue weighted by atomic mass is 16.5. The summed E-state index contributed by atoms with van der Waals surface area (Å²) in [6.45, 7) is 0.738. The summed E-state index contributed by atoms with van der Waals surface area (Å²) in [4.78, 5) is 11.9. The largest absolute Gasteiger partial charge is 0.496 e. The third kappa shape index (κ3) is 3.96. The normalized spacial score (nSPS) is 22.2. The second kappa shape index (κ2) is 6.57. The van der Waals surface area contributed by atoms with Crippen LogP contribution in [-0.4, -0.2) is 25.6 Å². The molecule has 0 aromatic heterocycles. The molecule has 1 aliphatic rings. The zero-order valence-electron chi connectivity index (χ0n) is 11.4. The fourth-order valence-corrected chi connectivity index (χ4v) is 2.64. The molecule has 0 radical (unpaired) electrons. The highest BCUT2D eigenvalue weighted by molar-refractivity contribution is 5.79. The number of carbonyl (C=O) groups is 1. The molecule has 19 heavy (non-hydrogen) atoms. The van der Waals surface area contributed by atoms with E-state index in [2.05, 4.69) is 5.32 Å². The standard InChI is InChI=1S/C15H22N2O2/c1-19-14-5-3-2-4-12(14)9-15(18)17-10-11-6-7-13(16)8-11/h2-5,11,13H,6-10,16H2,1H3,(H,17,18). The van der Waals surface area contributed by atoms with Crippen LogP contribution in [0, 0.1) is 5.92 Å². The smallest absolute Gasteiger partial charge is 0.224 e. The van der Waals surface area contributed by atoms with Crippen molar-refractivity contribution >= 4 is 5.91 Å². The van der Waals surface area contributed by atoms with Gasteiger partial charge in [-0.05, 0) is 31.2 Å². The molecule has 104 valence electrons. The van der Waals surface area contributed by atoms with Crippen LogP contribution in [0.4, 0.5) is 0 Å². The first-order valence-corrected chi connectivity index (χ1v) is 6.83. The maximum absolute atomic E-state index is 11.9. The number of hydrogen-bond donors (Lipinski definition) is 2. The minimum atomic E-state index is 0.0463. The highest BCUT2D eigenvalue weighted by Crippen LogP contribution is 2.23. The van der Waals surface area contributed by atoms with E-state index in [4.69, 9.17) is 10.5 Å². The SMILES string of the molecule is COc1ccccc1CC(=O)NCC1CCC(N)C1. The van der Waals surface area contributed by atoms with E-state index in [1.54, 1.807) is 7.11 Å². The number of rotatable bonds is 5. The lowest BCUT2D eigenvalue weighted by Crippen LogP contribution is -2.30. The summed E-state index contributed by atoms with van der Waals surface area (Å²) < 4.78 is 5.24.